The van der Waals surface area contributed by atoms with E-state index < -0.39 is 16.3 Å². The highest BCUT2D eigenvalue weighted by Gasteiger charge is 2.32. The Balaban J connectivity index is 2.15. The highest BCUT2D eigenvalue weighted by atomic mass is 32.2. The minimum atomic E-state index is -1.22. The fourth-order valence-electron chi connectivity index (χ4n) is 2.42. The van der Waals surface area contributed by atoms with E-state index in [9.17, 15) is 4.21 Å². The van der Waals surface area contributed by atoms with Gasteiger partial charge in [-0.25, -0.2) is 4.99 Å². The second-order valence-electron chi connectivity index (χ2n) is 6.32. The van der Waals surface area contributed by atoms with Crippen LogP contribution in [-0.4, -0.2) is 33.5 Å². The van der Waals surface area contributed by atoms with Crippen LogP contribution in [0.5, 0.6) is 0 Å². The van der Waals surface area contributed by atoms with Crippen molar-refractivity contribution in [1.82, 2.24) is 5.32 Å². The molecule has 0 bridgehead atoms. The van der Waals surface area contributed by atoms with Crippen molar-refractivity contribution in [2.24, 2.45) is 4.99 Å². The Labute approximate surface area is 146 Å². The van der Waals surface area contributed by atoms with E-state index in [1.165, 1.54) is 0 Å². The maximum Gasteiger partial charge on any atom is 0.193 e. The van der Waals surface area contributed by atoms with E-state index in [1.54, 1.807) is 0 Å². The number of unbranched alkanes of at least 4 members (excludes halogenated alkanes) is 1. The molecule has 0 aromatic heterocycles. The van der Waals surface area contributed by atoms with Gasteiger partial charge in [0.15, 0.2) is 5.17 Å². The highest BCUT2D eigenvalue weighted by molar-refractivity contribution is 8.00. The van der Waals surface area contributed by atoms with Crippen LogP contribution in [0.15, 0.2) is 29.3 Å². The molecule has 0 aliphatic carbocycles. The van der Waals surface area contributed by atoms with Crippen molar-refractivity contribution in [3.05, 3.63) is 29.8 Å². The van der Waals surface area contributed by atoms with E-state index in [0.29, 0.717) is 15.9 Å². The molecule has 1 atom stereocenters. The second kappa shape index (κ2) is 7.53. The largest absolute Gasteiger partial charge is 0.374 e. The van der Waals surface area contributed by atoms with Crippen molar-refractivity contribution >= 4 is 38.9 Å². The molecule has 126 valence electrons. The minimum Gasteiger partial charge on any atom is -0.374 e. The number of para-hydroxylation sites is 1. The van der Waals surface area contributed by atoms with E-state index >= 15 is 0 Å². The van der Waals surface area contributed by atoms with Crippen LogP contribution in [-0.2, 0) is 16.6 Å². The molecular formula is C17H25N3OS2. The molecule has 1 aromatic rings. The van der Waals surface area contributed by atoms with Crippen LogP contribution >= 0.6 is 12.2 Å². The van der Waals surface area contributed by atoms with Crippen LogP contribution in [0.1, 0.15) is 39.2 Å². The molecule has 1 aliphatic heterocycles. The van der Waals surface area contributed by atoms with Gasteiger partial charge in [0, 0.05) is 19.3 Å². The summed E-state index contributed by atoms with van der Waals surface area (Å²) in [5.41, 5.74) is 1.75. The molecule has 6 heteroatoms. The Hall–Kier alpha value is -1.27. The fourth-order valence-corrected chi connectivity index (χ4v) is 3.84. The molecular weight excluding hydrogens is 326 g/mol. The Morgan fingerprint density at radius 2 is 2.04 bits per heavy atom. The lowest BCUT2D eigenvalue weighted by molar-refractivity contribution is 0.687. The quantitative estimate of drug-likeness (QED) is 0.799. The predicted molar refractivity (Wildman–Crippen MR) is 104 cm³/mol. The van der Waals surface area contributed by atoms with Gasteiger partial charge in [0.25, 0.3) is 0 Å². The van der Waals surface area contributed by atoms with E-state index in [1.807, 2.05) is 32.0 Å². The molecule has 1 N–H and O–H groups in total. The zero-order chi connectivity index (χ0) is 17.0. The molecule has 0 fully saturated rings. The first-order valence-corrected chi connectivity index (χ1v) is 9.66. The highest BCUT2D eigenvalue weighted by Crippen LogP contribution is 2.23. The summed E-state index contributed by atoms with van der Waals surface area (Å²) in [6, 6.07) is 8.13. The minimum absolute atomic E-state index is 0.442. The summed E-state index contributed by atoms with van der Waals surface area (Å²) in [6.45, 7) is 7.04. The third-order valence-electron chi connectivity index (χ3n) is 3.91. The number of amidine groups is 1. The van der Waals surface area contributed by atoms with Crippen molar-refractivity contribution in [2.45, 2.75) is 44.9 Å². The van der Waals surface area contributed by atoms with Crippen molar-refractivity contribution in [1.29, 1.82) is 0 Å². The molecule has 0 saturated carbocycles. The van der Waals surface area contributed by atoms with Gasteiger partial charge in [-0.1, -0.05) is 43.8 Å². The summed E-state index contributed by atoms with van der Waals surface area (Å²) in [7, 11) is 0.863. The van der Waals surface area contributed by atoms with Crippen molar-refractivity contribution in [2.75, 3.05) is 18.5 Å². The summed E-state index contributed by atoms with van der Waals surface area (Å²) < 4.78 is 12.7. The van der Waals surface area contributed by atoms with Crippen LogP contribution in [0, 0.1) is 0 Å². The van der Waals surface area contributed by atoms with E-state index in [-0.39, 0.29) is 0 Å². The maximum atomic E-state index is 12.7. The fraction of sp³-hybridized carbons (Fsp3) is 0.529. The zero-order valence-electron chi connectivity index (χ0n) is 14.3. The average molecular weight is 352 g/mol. The normalized spacial score (nSPS) is 17.6. The smallest absolute Gasteiger partial charge is 0.193 e. The number of benzene rings is 1. The SMILES string of the molecule is CCCCN(C)c1ccccc1CS(=O)C1=NC(C)(C)C(=S)N1. The number of thiocarbonyl (C=S) groups is 1. The van der Waals surface area contributed by atoms with Crippen LogP contribution in [0.25, 0.3) is 0 Å². The monoisotopic (exact) mass is 351 g/mol. The molecule has 1 unspecified atom stereocenters. The van der Waals surface area contributed by atoms with Gasteiger partial charge in [-0.3, -0.25) is 4.21 Å². The standard InChI is InChI=1S/C17H25N3OS2/c1-5-6-11-20(4)14-10-8-7-9-13(14)12-23(21)16-18-15(22)17(2,3)19-16/h7-10H,5-6,11-12H2,1-4H3,(H,18,19,22). The molecule has 1 heterocycles. The molecule has 4 nitrogen and oxygen atoms in total. The lowest BCUT2D eigenvalue weighted by Crippen LogP contribution is -2.34. The Morgan fingerprint density at radius 3 is 2.65 bits per heavy atom. The molecule has 0 saturated heterocycles. The summed E-state index contributed by atoms with van der Waals surface area (Å²) in [4.78, 5) is 7.34. The van der Waals surface area contributed by atoms with E-state index in [0.717, 1.165) is 30.6 Å². The predicted octanol–water partition coefficient (Wildman–Crippen LogP) is 3.24. The number of hydrogen-bond donors (Lipinski definition) is 1. The first-order valence-electron chi connectivity index (χ1n) is 7.94. The number of nitrogens with zero attached hydrogens (tertiary/aromatic N) is 2. The maximum absolute atomic E-state index is 12.7. The second-order valence-corrected chi connectivity index (χ2v) is 8.10. The number of anilines is 1. The first-order chi connectivity index (χ1) is 10.8. The third kappa shape index (κ3) is 4.38. The first kappa shape index (κ1) is 18.1. The third-order valence-corrected chi connectivity index (χ3v) is 5.71. The molecule has 0 radical (unpaired) electrons. The molecule has 1 aliphatic rings. The molecule has 1 aromatic carbocycles. The van der Waals surface area contributed by atoms with Crippen LogP contribution < -0.4 is 10.2 Å². The van der Waals surface area contributed by atoms with Gasteiger partial charge in [-0.05, 0) is 31.9 Å². The van der Waals surface area contributed by atoms with Gasteiger partial charge in [-0.2, -0.15) is 0 Å². The summed E-state index contributed by atoms with van der Waals surface area (Å²) in [6.07, 6.45) is 2.30. The molecule has 0 spiro atoms. The van der Waals surface area contributed by atoms with E-state index in [4.69, 9.17) is 12.2 Å². The van der Waals surface area contributed by atoms with E-state index in [2.05, 4.69) is 35.2 Å². The lowest BCUT2D eigenvalue weighted by atomic mass is 10.1. The number of hydrogen-bond acceptors (Lipinski definition) is 4. The van der Waals surface area contributed by atoms with Gasteiger partial charge >= 0.3 is 0 Å². The van der Waals surface area contributed by atoms with Crippen molar-refractivity contribution < 1.29 is 4.21 Å². The molecule has 2 rings (SSSR count). The number of rotatable bonds is 6. The average Bonchev–Trinajstić information content (AvgIpc) is 2.79. The molecule has 0 amide bonds. The van der Waals surface area contributed by atoms with Gasteiger partial charge in [0.05, 0.1) is 16.6 Å². The zero-order valence-corrected chi connectivity index (χ0v) is 15.9. The van der Waals surface area contributed by atoms with Gasteiger partial charge in [-0.15, -0.1) is 0 Å². The summed E-state index contributed by atoms with van der Waals surface area (Å²) >= 11 is 5.26. The van der Waals surface area contributed by atoms with Crippen molar-refractivity contribution in [3.63, 3.8) is 0 Å². The van der Waals surface area contributed by atoms with Crippen molar-refractivity contribution in [3.8, 4) is 0 Å². The van der Waals surface area contributed by atoms with Crippen LogP contribution in [0.4, 0.5) is 5.69 Å². The Morgan fingerprint density at radius 1 is 1.35 bits per heavy atom. The number of nitrogens with one attached hydrogen (secondary N) is 1. The van der Waals surface area contributed by atoms with Crippen LogP contribution in [0.2, 0.25) is 0 Å². The Kier molecular flexibility index (Phi) is 5.92. The molecule has 23 heavy (non-hydrogen) atoms. The lowest BCUT2D eigenvalue weighted by Gasteiger charge is -2.22. The van der Waals surface area contributed by atoms with Gasteiger partial charge < -0.3 is 10.2 Å². The van der Waals surface area contributed by atoms with Crippen LogP contribution in [0.3, 0.4) is 0 Å². The number of aliphatic imine (C=N–C) groups is 1. The summed E-state index contributed by atoms with van der Waals surface area (Å²) in [5, 5.41) is 3.51. The van der Waals surface area contributed by atoms with Gasteiger partial charge in [0.1, 0.15) is 10.5 Å². The summed E-state index contributed by atoms with van der Waals surface area (Å²) in [5.74, 6) is 0.442. The van der Waals surface area contributed by atoms with Gasteiger partial charge in [0.2, 0.25) is 0 Å². The Bertz CT molecular complexity index is 640. The topological polar surface area (TPSA) is 44.7 Å².